The van der Waals surface area contributed by atoms with Crippen LogP contribution in [-0.2, 0) is 0 Å². The second-order valence-electron chi connectivity index (χ2n) is 20.3. The fourth-order valence-corrected chi connectivity index (χ4v) is 11.2. The van der Waals surface area contributed by atoms with Gasteiger partial charge in [0.05, 0.1) is 17.1 Å². The van der Waals surface area contributed by atoms with Crippen LogP contribution in [0.4, 0.5) is 0 Å². The van der Waals surface area contributed by atoms with E-state index in [2.05, 4.69) is 210 Å². The molecule has 10 aromatic carbocycles. The summed E-state index contributed by atoms with van der Waals surface area (Å²) in [5.74, 6) is 0. The van der Waals surface area contributed by atoms with Crippen molar-refractivity contribution in [3.63, 3.8) is 0 Å². The molecule has 0 radical (unpaired) electrons. The third-order valence-electron chi connectivity index (χ3n) is 15.3. The van der Waals surface area contributed by atoms with E-state index >= 15 is 0 Å². The number of rotatable bonds is 11. The first-order chi connectivity index (χ1) is 42.3. The van der Waals surface area contributed by atoms with Crippen molar-refractivity contribution >= 4 is 21.9 Å². The molecule has 0 atom stereocenters. The van der Waals surface area contributed by atoms with Crippen molar-refractivity contribution in [3.05, 3.63) is 297 Å². The van der Waals surface area contributed by atoms with Crippen LogP contribution < -0.4 is 0 Å². The van der Waals surface area contributed by atoms with Gasteiger partial charge in [0.15, 0.2) is 0 Å². The largest absolute Gasteiger partial charge is 0.456 e. The molecule has 0 bridgehead atoms. The van der Waals surface area contributed by atoms with Crippen LogP contribution in [0, 0.1) is 13.7 Å². The highest BCUT2D eigenvalue weighted by molar-refractivity contribution is 6.06. The highest BCUT2D eigenvalue weighted by atomic mass is 16.3. The van der Waals surface area contributed by atoms with Crippen LogP contribution in [0.3, 0.4) is 0 Å². The summed E-state index contributed by atoms with van der Waals surface area (Å²) in [5.41, 5.74) is 24.0. The molecule has 0 aliphatic carbocycles. The normalized spacial score (nSPS) is 12.7. The molecule has 14 rings (SSSR count). The predicted molar refractivity (Wildman–Crippen MR) is 336 cm³/mol. The number of hydrogen-bond acceptors (Lipinski definition) is 4. The minimum atomic E-state index is -2.24. The van der Waals surface area contributed by atoms with Crippen LogP contribution in [0.25, 0.3) is 145 Å². The number of nitrogens with zero attached hydrogens (tertiary/aromatic N) is 3. The van der Waals surface area contributed by atoms with Crippen LogP contribution in [0.15, 0.2) is 290 Å². The SMILES string of the molecule is [2H]C([2H])([2H])c1ccc(-c2ccc(-c3ccccc3-c3cc(-c4ccccc4-c4ccc(-c5cc(-c6ccc(-c7ccc8c(c7)oc7ccccc78)cc6)ccn5)cc4)cc(-c4ccccc4-c4ccc(-c5cc(C([2H])([2H])[2H])ccn5)cc4)c3)cc2)nc1. The lowest BCUT2D eigenvalue weighted by Gasteiger charge is -2.18. The quantitative estimate of drug-likeness (QED) is 0.130. The average molecular weight is 1040 g/mol. The zero-order chi connectivity index (χ0) is 59.2. The Morgan fingerprint density at radius 2 is 0.667 bits per heavy atom. The summed E-state index contributed by atoms with van der Waals surface area (Å²) < 4.78 is 53.6. The minimum Gasteiger partial charge on any atom is -0.456 e. The van der Waals surface area contributed by atoms with Gasteiger partial charge in [-0.25, -0.2) is 0 Å². The number of hydrogen-bond donors (Lipinski definition) is 0. The molecule has 0 N–H and O–H groups in total. The molecule has 0 saturated heterocycles. The lowest BCUT2D eigenvalue weighted by molar-refractivity contribution is 0.669. The molecule has 0 amide bonds. The topological polar surface area (TPSA) is 51.8 Å². The molecule has 382 valence electrons. The summed E-state index contributed by atoms with van der Waals surface area (Å²) in [6.07, 6.45) is 4.87. The van der Waals surface area contributed by atoms with E-state index < -0.39 is 13.7 Å². The maximum atomic E-state index is 7.99. The van der Waals surface area contributed by atoms with Crippen molar-refractivity contribution < 1.29 is 12.6 Å². The highest BCUT2D eigenvalue weighted by Gasteiger charge is 2.18. The first-order valence-corrected chi connectivity index (χ1v) is 27.0. The van der Waals surface area contributed by atoms with E-state index in [1.165, 1.54) is 6.20 Å². The average Bonchev–Trinajstić information content (AvgIpc) is 2.52. The van der Waals surface area contributed by atoms with Crippen molar-refractivity contribution in [3.8, 4) is 123 Å². The summed E-state index contributed by atoms with van der Waals surface area (Å²) in [7, 11) is 0. The summed E-state index contributed by atoms with van der Waals surface area (Å²) in [6.45, 7) is -4.47. The standard InChI is InChI=1S/C77H53N3O/c1-50-39-41-78-74(43-50)58-32-26-55(27-33-58)66-12-4-7-15-69(66)63-44-62(68-14-6-3-11-65(68)54-24-30-57(31-25-54)73-38-19-51(2)49-80-73)45-64(46-63)70-16-8-5-13-67(70)56-28-34-59(35-29-56)75-47-61(40-42-79-75)53-22-20-52(21-23-53)60-36-37-72-71-17-9-10-18-76(71)81-77(72)48-60/h3-49H,1-2H3/i1D3,2D3. The fourth-order valence-electron chi connectivity index (χ4n) is 11.2. The fraction of sp³-hybridized carbons (Fsp3) is 0.0260. The van der Waals surface area contributed by atoms with Gasteiger partial charge in [0.25, 0.3) is 0 Å². The predicted octanol–water partition coefficient (Wildman–Crippen LogP) is 20.7. The first kappa shape index (κ1) is 42.5. The number of benzene rings is 10. The van der Waals surface area contributed by atoms with E-state index in [9.17, 15) is 0 Å². The van der Waals surface area contributed by atoms with Gasteiger partial charge < -0.3 is 4.42 Å². The first-order valence-electron chi connectivity index (χ1n) is 30.0. The molecular weight excluding hydrogens is 983 g/mol. The molecule has 4 nitrogen and oxygen atoms in total. The van der Waals surface area contributed by atoms with Gasteiger partial charge in [0.1, 0.15) is 11.2 Å². The van der Waals surface area contributed by atoms with Gasteiger partial charge in [0.2, 0.25) is 0 Å². The van der Waals surface area contributed by atoms with Crippen LogP contribution in [0.2, 0.25) is 0 Å². The maximum absolute atomic E-state index is 7.99. The van der Waals surface area contributed by atoms with Crippen molar-refractivity contribution in [1.29, 1.82) is 0 Å². The number of fused-ring (bicyclic) bond motifs is 3. The third-order valence-corrected chi connectivity index (χ3v) is 15.3. The Morgan fingerprint density at radius 1 is 0.259 bits per heavy atom. The van der Waals surface area contributed by atoms with Gasteiger partial charge >= 0.3 is 0 Å². The second-order valence-corrected chi connectivity index (χ2v) is 20.3. The highest BCUT2D eigenvalue weighted by Crippen LogP contribution is 2.43. The Morgan fingerprint density at radius 3 is 1.17 bits per heavy atom. The van der Waals surface area contributed by atoms with E-state index in [4.69, 9.17) is 17.6 Å². The molecule has 0 spiro atoms. The van der Waals surface area contributed by atoms with E-state index in [0.717, 1.165) is 133 Å². The van der Waals surface area contributed by atoms with Crippen LogP contribution in [0.5, 0.6) is 0 Å². The van der Waals surface area contributed by atoms with Crippen LogP contribution in [0.1, 0.15) is 19.4 Å². The van der Waals surface area contributed by atoms with E-state index in [-0.39, 0.29) is 11.1 Å². The number of furan rings is 1. The molecule has 4 heterocycles. The number of pyridine rings is 3. The molecule has 0 unspecified atom stereocenters. The summed E-state index contributed by atoms with van der Waals surface area (Å²) in [5, 5.41) is 2.24. The summed E-state index contributed by atoms with van der Waals surface area (Å²) >= 11 is 0. The van der Waals surface area contributed by atoms with Gasteiger partial charge in [-0.2, -0.15) is 0 Å². The van der Waals surface area contributed by atoms with Gasteiger partial charge in [-0.05, 0) is 181 Å². The van der Waals surface area contributed by atoms with Gasteiger partial charge in [-0.1, -0.05) is 200 Å². The van der Waals surface area contributed by atoms with E-state index in [1.54, 1.807) is 30.5 Å². The molecule has 0 aliphatic heterocycles. The number of para-hydroxylation sites is 1. The molecule has 4 heteroatoms. The second kappa shape index (κ2) is 21.0. The monoisotopic (exact) mass is 1040 g/mol. The van der Waals surface area contributed by atoms with Gasteiger partial charge in [0, 0.05) is 54.3 Å². The van der Waals surface area contributed by atoms with Gasteiger partial charge in [-0.15, -0.1) is 0 Å². The van der Waals surface area contributed by atoms with E-state index in [0.29, 0.717) is 11.4 Å². The van der Waals surface area contributed by atoms with Crippen molar-refractivity contribution in [2.45, 2.75) is 13.7 Å². The minimum absolute atomic E-state index is 0.206. The van der Waals surface area contributed by atoms with Crippen LogP contribution in [-0.4, -0.2) is 15.0 Å². The molecular formula is C77H53N3O. The Balaban J connectivity index is 0.810. The zero-order valence-electron chi connectivity index (χ0n) is 49.9. The third kappa shape index (κ3) is 9.70. The van der Waals surface area contributed by atoms with Crippen molar-refractivity contribution in [1.82, 2.24) is 15.0 Å². The lowest BCUT2D eigenvalue weighted by Crippen LogP contribution is -1.92. The Labute approximate surface area is 480 Å². The molecule has 14 aromatic rings. The van der Waals surface area contributed by atoms with Crippen molar-refractivity contribution in [2.75, 3.05) is 0 Å². The maximum Gasteiger partial charge on any atom is 0.136 e. The Bertz CT molecular complexity index is 4860. The number of aromatic nitrogens is 3. The van der Waals surface area contributed by atoms with E-state index in [1.807, 2.05) is 48.7 Å². The number of aryl methyl sites for hydroxylation is 2. The molecule has 4 aromatic heterocycles. The smallest absolute Gasteiger partial charge is 0.136 e. The lowest BCUT2D eigenvalue weighted by atomic mass is 9.86. The Kier molecular flexibility index (Phi) is 11.0. The summed E-state index contributed by atoms with van der Waals surface area (Å²) in [4.78, 5) is 13.9. The van der Waals surface area contributed by atoms with Crippen LogP contribution >= 0.6 is 0 Å². The van der Waals surface area contributed by atoms with Crippen molar-refractivity contribution in [2.24, 2.45) is 0 Å². The van der Waals surface area contributed by atoms with Gasteiger partial charge in [-0.3, -0.25) is 15.0 Å². The summed E-state index contributed by atoms with van der Waals surface area (Å²) in [6, 6.07) is 91.5. The molecule has 0 saturated carbocycles. The zero-order valence-corrected chi connectivity index (χ0v) is 43.9. The molecule has 0 aliphatic rings. The Hall–Kier alpha value is -10.6. The molecule has 0 fully saturated rings. The molecule has 81 heavy (non-hydrogen) atoms.